The van der Waals surface area contributed by atoms with Gasteiger partial charge in [0, 0.05) is 7.11 Å². The molecule has 0 aliphatic carbocycles. The quantitative estimate of drug-likeness (QED) is 0.394. The molecule has 0 fully saturated rings. The monoisotopic (exact) mass is 134 g/mol. The van der Waals surface area contributed by atoms with Gasteiger partial charge in [-0.05, 0) is 6.04 Å². The molecule has 0 bridgehead atoms. The van der Waals surface area contributed by atoms with Gasteiger partial charge in [0.15, 0.2) is 9.76 Å². The van der Waals surface area contributed by atoms with Crippen LogP contribution in [0.5, 0.6) is 0 Å². The fourth-order valence-electron chi connectivity index (χ4n) is 0.389. The zero-order chi connectivity index (χ0) is 6.24. The molecule has 0 aliphatic rings. The average molecular weight is 134 g/mol. The maximum Gasteiger partial charge on any atom is 0.161 e. The zero-order valence-corrected chi connectivity index (χ0v) is 7.06. The first-order valence-electron chi connectivity index (χ1n) is 2.98. The molecule has 2 nitrogen and oxygen atoms in total. The fraction of sp³-hybridized carbons (Fsp3) is 1.00. The molecular weight excluding hydrogens is 120 g/mol. The number of rotatable bonds is 5. The van der Waals surface area contributed by atoms with E-state index in [1.807, 2.05) is 0 Å². The van der Waals surface area contributed by atoms with E-state index in [0.717, 1.165) is 13.2 Å². The van der Waals surface area contributed by atoms with Crippen molar-refractivity contribution in [1.29, 1.82) is 0 Å². The molecule has 0 unspecified atom stereocenters. The molecule has 8 heavy (non-hydrogen) atoms. The van der Waals surface area contributed by atoms with Crippen molar-refractivity contribution in [2.75, 3.05) is 20.3 Å². The summed E-state index contributed by atoms with van der Waals surface area (Å²) in [6, 6.07) is 1.23. The Labute approximate surface area is 53.1 Å². The third-order valence-corrected chi connectivity index (χ3v) is 1.77. The van der Waals surface area contributed by atoms with E-state index in [1.54, 1.807) is 7.11 Å². The second-order valence-electron chi connectivity index (χ2n) is 1.61. The number of hydrogen-bond donors (Lipinski definition) is 0. The first-order valence-corrected chi connectivity index (χ1v) is 4.56. The molecule has 0 amide bonds. The molecular formula is C5H14O2Si. The summed E-state index contributed by atoms with van der Waals surface area (Å²) < 4.78 is 10.0. The Morgan fingerprint density at radius 1 is 1.38 bits per heavy atom. The third kappa shape index (κ3) is 6.14. The lowest BCUT2D eigenvalue weighted by Gasteiger charge is -1.98. The van der Waals surface area contributed by atoms with Crippen molar-refractivity contribution in [3.63, 3.8) is 0 Å². The molecule has 0 heterocycles. The van der Waals surface area contributed by atoms with E-state index in [0.29, 0.717) is 0 Å². The first-order chi connectivity index (χ1) is 3.91. The summed E-state index contributed by atoms with van der Waals surface area (Å²) in [5, 5.41) is 0. The summed E-state index contributed by atoms with van der Waals surface area (Å²) in [4.78, 5) is 0. The minimum atomic E-state index is -0.179. The molecule has 3 heteroatoms. The molecule has 0 aromatic heterocycles. The van der Waals surface area contributed by atoms with E-state index in [4.69, 9.17) is 9.16 Å². The summed E-state index contributed by atoms with van der Waals surface area (Å²) in [5.74, 6) is 0. The highest BCUT2D eigenvalue weighted by Gasteiger charge is 1.82. The Balaban J connectivity index is 2.53. The Morgan fingerprint density at radius 3 is 2.62 bits per heavy atom. The van der Waals surface area contributed by atoms with Gasteiger partial charge in [0.05, 0.1) is 13.2 Å². The molecule has 0 aromatic rings. The molecule has 0 radical (unpaired) electrons. The van der Waals surface area contributed by atoms with Gasteiger partial charge in [-0.25, -0.2) is 0 Å². The molecule has 0 spiro atoms. The Kier molecular flexibility index (Phi) is 7.26. The fourth-order valence-corrected chi connectivity index (χ4v) is 0.999. The van der Waals surface area contributed by atoms with Gasteiger partial charge < -0.3 is 9.16 Å². The number of ether oxygens (including phenoxy) is 1. The van der Waals surface area contributed by atoms with Crippen LogP contribution in [0.15, 0.2) is 0 Å². The first kappa shape index (κ1) is 8.14. The van der Waals surface area contributed by atoms with Crippen LogP contribution in [0.3, 0.4) is 0 Å². The van der Waals surface area contributed by atoms with Crippen LogP contribution in [-0.2, 0) is 9.16 Å². The van der Waals surface area contributed by atoms with E-state index in [2.05, 4.69) is 6.92 Å². The van der Waals surface area contributed by atoms with E-state index in [9.17, 15) is 0 Å². The minimum absolute atomic E-state index is 0.179. The average Bonchev–Trinajstić information content (AvgIpc) is 1.81. The summed E-state index contributed by atoms with van der Waals surface area (Å²) in [7, 11) is 1.51. The smallest absolute Gasteiger partial charge is 0.161 e. The number of hydrogen-bond acceptors (Lipinski definition) is 2. The topological polar surface area (TPSA) is 18.5 Å². The lowest BCUT2D eigenvalue weighted by Crippen LogP contribution is -2.04. The largest absolute Gasteiger partial charge is 0.422 e. The van der Waals surface area contributed by atoms with Crippen LogP contribution in [0.1, 0.15) is 6.92 Å². The SMILES string of the molecule is CC[SiH2]OCCOC. The van der Waals surface area contributed by atoms with E-state index < -0.39 is 0 Å². The molecule has 0 aliphatic heterocycles. The van der Waals surface area contributed by atoms with Crippen LogP contribution in [0.25, 0.3) is 0 Å². The van der Waals surface area contributed by atoms with Crippen molar-refractivity contribution >= 4 is 9.76 Å². The van der Waals surface area contributed by atoms with Crippen LogP contribution in [-0.4, -0.2) is 30.1 Å². The summed E-state index contributed by atoms with van der Waals surface area (Å²) >= 11 is 0. The van der Waals surface area contributed by atoms with Crippen molar-refractivity contribution in [2.24, 2.45) is 0 Å². The lowest BCUT2D eigenvalue weighted by atomic mass is 10.8. The van der Waals surface area contributed by atoms with Crippen LogP contribution in [0.2, 0.25) is 6.04 Å². The van der Waals surface area contributed by atoms with Crippen LogP contribution < -0.4 is 0 Å². The maximum atomic E-state index is 5.24. The standard InChI is InChI=1S/C5H14O2Si/c1-3-8-7-5-4-6-2/h3-5,8H2,1-2H3. The Bertz CT molecular complexity index is 35.4. The van der Waals surface area contributed by atoms with Gasteiger partial charge in [0.2, 0.25) is 0 Å². The van der Waals surface area contributed by atoms with Gasteiger partial charge in [-0.2, -0.15) is 0 Å². The van der Waals surface area contributed by atoms with Crippen molar-refractivity contribution in [3.05, 3.63) is 0 Å². The van der Waals surface area contributed by atoms with Crippen LogP contribution >= 0.6 is 0 Å². The molecule has 0 saturated heterocycles. The second kappa shape index (κ2) is 7.14. The van der Waals surface area contributed by atoms with E-state index in [1.165, 1.54) is 6.04 Å². The predicted octanol–water partition coefficient (Wildman–Crippen LogP) is 0.171. The Hall–Kier alpha value is 0.137. The molecule has 0 saturated carbocycles. The zero-order valence-electron chi connectivity index (χ0n) is 5.64. The second-order valence-corrected chi connectivity index (χ2v) is 3.42. The van der Waals surface area contributed by atoms with Crippen molar-refractivity contribution in [1.82, 2.24) is 0 Å². The highest BCUT2D eigenvalue weighted by atomic mass is 28.2. The van der Waals surface area contributed by atoms with Gasteiger partial charge in [-0.15, -0.1) is 0 Å². The molecule has 0 atom stereocenters. The highest BCUT2D eigenvalue weighted by molar-refractivity contribution is 6.26. The van der Waals surface area contributed by atoms with Crippen molar-refractivity contribution in [3.8, 4) is 0 Å². The summed E-state index contributed by atoms with van der Waals surface area (Å²) in [6.45, 7) is 3.68. The number of methoxy groups -OCH3 is 1. The van der Waals surface area contributed by atoms with Gasteiger partial charge in [0.1, 0.15) is 0 Å². The van der Waals surface area contributed by atoms with Crippen LogP contribution in [0.4, 0.5) is 0 Å². The maximum absolute atomic E-state index is 5.24. The summed E-state index contributed by atoms with van der Waals surface area (Å²) in [5.41, 5.74) is 0. The van der Waals surface area contributed by atoms with Gasteiger partial charge in [-0.1, -0.05) is 6.92 Å². The van der Waals surface area contributed by atoms with Gasteiger partial charge in [-0.3, -0.25) is 0 Å². The van der Waals surface area contributed by atoms with E-state index in [-0.39, 0.29) is 9.76 Å². The predicted molar refractivity (Wildman–Crippen MR) is 36.9 cm³/mol. The van der Waals surface area contributed by atoms with Crippen molar-refractivity contribution in [2.45, 2.75) is 13.0 Å². The van der Waals surface area contributed by atoms with Gasteiger partial charge in [0.25, 0.3) is 0 Å². The molecule has 0 aromatic carbocycles. The highest BCUT2D eigenvalue weighted by Crippen LogP contribution is 1.76. The van der Waals surface area contributed by atoms with Gasteiger partial charge >= 0.3 is 0 Å². The summed E-state index contributed by atoms with van der Waals surface area (Å²) in [6.07, 6.45) is 0. The molecule has 0 N–H and O–H groups in total. The lowest BCUT2D eigenvalue weighted by molar-refractivity contribution is 0.149. The third-order valence-electron chi connectivity index (χ3n) is 0.780. The normalized spacial score (nSPS) is 11.2. The Morgan fingerprint density at radius 2 is 2.12 bits per heavy atom. The molecule has 0 rings (SSSR count). The van der Waals surface area contributed by atoms with Crippen molar-refractivity contribution < 1.29 is 9.16 Å². The van der Waals surface area contributed by atoms with Crippen LogP contribution in [0, 0.1) is 0 Å². The van der Waals surface area contributed by atoms with E-state index >= 15 is 0 Å². The minimum Gasteiger partial charge on any atom is -0.422 e. The molecule has 50 valence electrons.